The summed E-state index contributed by atoms with van der Waals surface area (Å²) in [5.74, 6) is -0.187. The number of nitrogens with one attached hydrogen (secondary N) is 1. The third-order valence-electron chi connectivity index (χ3n) is 6.58. The van der Waals surface area contributed by atoms with Gasteiger partial charge in [0, 0.05) is 23.2 Å². The molecule has 1 N–H and O–H groups in total. The zero-order valence-electron chi connectivity index (χ0n) is 14.8. The first-order chi connectivity index (χ1) is 12.7. The Morgan fingerprint density at radius 2 is 1.58 bits per heavy atom. The lowest BCUT2D eigenvalue weighted by Gasteiger charge is -2.35. The maximum absolute atomic E-state index is 14.4. The maximum atomic E-state index is 14.4. The van der Waals surface area contributed by atoms with Crippen LogP contribution in [-0.2, 0) is 15.6 Å². The summed E-state index contributed by atoms with van der Waals surface area (Å²) in [6.07, 6.45) is 3.56. The molecule has 0 radical (unpaired) electrons. The predicted octanol–water partition coefficient (Wildman–Crippen LogP) is 3.53. The van der Waals surface area contributed by atoms with Crippen molar-refractivity contribution in [2.45, 2.75) is 36.5 Å². The van der Waals surface area contributed by atoms with Crippen molar-refractivity contribution in [3.63, 3.8) is 0 Å². The second-order valence-electron chi connectivity index (χ2n) is 8.00. The fourth-order valence-electron chi connectivity index (χ4n) is 4.98. The summed E-state index contributed by atoms with van der Waals surface area (Å²) in [7, 11) is 0. The Hall–Kier alpha value is -2.20. The third-order valence-corrected chi connectivity index (χ3v) is 6.58. The maximum Gasteiger partial charge on any atom is 0.237 e. The largest absolute Gasteiger partial charge is 0.317 e. The molecule has 2 aliphatic heterocycles. The Kier molecular flexibility index (Phi) is 3.48. The van der Waals surface area contributed by atoms with E-state index in [-0.39, 0.29) is 17.1 Å². The van der Waals surface area contributed by atoms with Gasteiger partial charge in [-0.05, 0) is 56.5 Å². The topological polar surface area (TPSA) is 32.3 Å². The van der Waals surface area contributed by atoms with Gasteiger partial charge in [-0.3, -0.25) is 4.79 Å². The van der Waals surface area contributed by atoms with Crippen molar-refractivity contribution in [2.24, 2.45) is 0 Å². The fraction of sp³-hybridized carbons (Fsp3) is 0.409. The van der Waals surface area contributed by atoms with Crippen molar-refractivity contribution >= 4 is 11.6 Å². The Balaban J connectivity index is 1.55. The van der Waals surface area contributed by atoms with Crippen molar-refractivity contribution in [1.29, 1.82) is 0 Å². The first-order valence-electron chi connectivity index (χ1n) is 9.54. The van der Waals surface area contributed by atoms with Crippen LogP contribution in [0.1, 0.15) is 36.8 Å². The molecule has 1 amide bonds. The van der Waals surface area contributed by atoms with Crippen LogP contribution in [0.4, 0.5) is 10.1 Å². The van der Waals surface area contributed by atoms with Crippen LogP contribution in [0.15, 0.2) is 48.5 Å². The number of amides is 1. The number of piperidine rings is 1. The van der Waals surface area contributed by atoms with Gasteiger partial charge in [0.05, 0.1) is 5.41 Å². The van der Waals surface area contributed by atoms with Crippen LogP contribution in [0.3, 0.4) is 0 Å². The molecule has 3 nitrogen and oxygen atoms in total. The minimum Gasteiger partial charge on any atom is -0.317 e. The second kappa shape index (κ2) is 5.65. The lowest BCUT2D eigenvalue weighted by atomic mass is 9.75. The predicted molar refractivity (Wildman–Crippen MR) is 99.9 cm³/mol. The number of benzene rings is 2. The Morgan fingerprint density at radius 3 is 2.27 bits per heavy atom. The first kappa shape index (κ1) is 16.0. The molecule has 1 saturated carbocycles. The molecule has 1 spiro atoms. The lowest BCUT2D eigenvalue weighted by Crippen LogP contribution is -2.46. The molecule has 0 atom stereocenters. The highest BCUT2D eigenvalue weighted by Crippen LogP contribution is 2.54. The van der Waals surface area contributed by atoms with E-state index in [2.05, 4.69) is 23.5 Å². The number of anilines is 1. The first-order valence-corrected chi connectivity index (χ1v) is 9.54. The summed E-state index contributed by atoms with van der Waals surface area (Å²) in [6.45, 7) is 2.69. The molecule has 0 aromatic heterocycles. The number of nitrogens with zero attached hydrogens (tertiary/aromatic N) is 1. The molecule has 5 rings (SSSR count). The van der Waals surface area contributed by atoms with E-state index in [0.29, 0.717) is 5.56 Å². The van der Waals surface area contributed by atoms with E-state index in [9.17, 15) is 9.18 Å². The van der Waals surface area contributed by atoms with Crippen molar-refractivity contribution in [3.05, 3.63) is 65.5 Å². The highest BCUT2D eigenvalue weighted by Gasteiger charge is 2.57. The van der Waals surface area contributed by atoms with E-state index < -0.39 is 5.41 Å². The molecule has 0 unspecified atom stereocenters. The van der Waals surface area contributed by atoms with Crippen LogP contribution in [-0.4, -0.2) is 25.5 Å². The normalized spacial score (nSPS) is 22.3. The summed E-state index contributed by atoms with van der Waals surface area (Å²) in [4.78, 5) is 15.6. The molecule has 2 heterocycles. The number of hydrogen-bond donors (Lipinski definition) is 1. The average Bonchev–Trinajstić information content (AvgIpc) is 3.43. The number of carbonyl (C=O) groups is 1. The number of carbonyl (C=O) groups excluding carboxylic acids is 1. The standard InChI is InChI=1S/C22H23FN2O/c23-18-7-3-1-5-16(18)22(9-10-22)20(26)25-15-21(11-13-24-14-12-21)17-6-2-4-8-19(17)25/h1-8,24H,9-15H2. The van der Waals surface area contributed by atoms with E-state index in [1.807, 2.05) is 17.0 Å². The van der Waals surface area contributed by atoms with Gasteiger partial charge in [-0.15, -0.1) is 0 Å². The molecule has 2 aromatic rings. The third kappa shape index (κ3) is 2.18. The number of rotatable bonds is 2. The van der Waals surface area contributed by atoms with E-state index in [1.54, 1.807) is 12.1 Å². The van der Waals surface area contributed by atoms with Crippen molar-refractivity contribution in [3.8, 4) is 0 Å². The van der Waals surface area contributed by atoms with E-state index >= 15 is 0 Å². The lowest BCUT2D eigenvalue weighted by molar-refractivity contribution is -0.121. The Bertz CT molecular complexity index is 868. The van der Waals surface area contributed by atoms with Gasteiger partial charge in [-0.2, -0.15) is 0 Å². The van der Waals surface area contributed by atoms with Gasteiger partial charge in [0.15, 0.2) is 0 Å². The Morgan fingerprint density at radius 1 is 0.923 bits per heavy atom. The summed E-state index contributed by atoms with van der Waals surface area (Å²) in [5, 5.41) is 3.43. The zero-order chi connectivity index (χ0) is 17.8. The molecule has 3 aliphatic rings. The van der Waals surface area contributed by atoms with Gasteiger partial charge >= 0.3 is 0 Å². The minimum absolute atomic E-state index is 0.0445. The molecule has 134 valence electrons. The summed E-state index contributed by atoms with van der Waals surface area (Å²) in [5.41, 5.74) is 2.26. The van der Waals surface area contributed by atoms with Crippen molar-refractivity contribution in [2.75, 3.05) is 24.5 Å². The molecule has 4 heteroatoms. The molecule has 0 bridgehead atoms. The highest BCUT2D eigenvalue weighted by molar-refractivity contribution is 6.05. The number of hydrogen-bond acceptors (Lipinski definition) is 2. The zero-order valence-corrected chi connectivity index (χ0v) is 14.8. The van der Waals surface area contributed by atoms with Gasteiger partial charge in [-0.1, -0.05) is 36.4 Å². The van der Waals surface area contributed by atoms with Gasteiger partial charge in [-0.25, -0.2) is 4.39 Å². The second-order valence-corrected chi connectivity index (χ2v) is 8.00. The number of para-hydroxylation sites is 1. The van der Waals surface area contributed by atoms with E-state index in [4.69, 9.17) is 0 Å². The van der Waals surface area contributed by atoms with Crippen molar-refractivity contribution in [1.82, 2.24) is 5.32 Å². The van der Waals surface area contributed by atoms with Crippen LogP contribution in [0.5, 0.6) is 0 Å². The highest BCUT2D eigenvalue weighted by atomic mass is 19.1. The molecular weight excluding hydrogens is 327 g/mol. The van der Waals surface area contributed by atoms with Crippen LogP contribution in [0.2, 0.25) is 0 Å². The fourth-order valence-corrected chi connectivity index (χ4v) is 4.98. The number of halogens is 1. The van der Waals surface area contributed by atoms with Crippen LogP contribution in [0.25, 0.3) is 0 Å². The molecule has 2 fully saturated rings. The van der Waals surface area contributed by atoms with Gasteiger partial charge < -0.3 is 10.2 Å². The number of fused-ring (bicyclic) bond motifs is 2. The Labute approximate surface area is 153 Å². The quantitative estimate of drug-likeness (QED) is 0.899. The molecule has 1 aliphatic carbocycles. The summed E-state index contributed by atoms with van der Waals surface area (Å²) in [6, 6.07) is 15.1. The monoisotopic (exact) mass is 350 g/mol. The van der Waals surface area contributed by atoms with Crippen molar-refractivity contribution < 1.29 is 9.18 Å². The smallest absolute Gasteiger partial charge is 0.237 e. The SMILES string of the molecule is O=C(N1CC2(CCNCC2)c2ccccc21)C1(c2ccccc2F)CC1. The summed E-state index contributed by atoms with van der Waals surface area (Å²) >= 11 is 0. The molecule has 2 aromatic carbocycles. The molecular formula is C22H23FN2O. The van der Waals surface area contributed by atoms with Crippen LogP contribution < -0.4 is 10.2 Å². The molecule has 26 heavy (non-hydrogen) atoms. The van der Waals surface area contributed by atoms with Gasteiger partial charge in [0.1, 0.15) is 5.82 Å². The molecule has 1 saturated heterocycles. The minimum atomic E-state index is -0.670. The van der Waals surface area contributed by atoms with E-state index in [0.717, 1.165) is 51.0 Å². The average molecular weight is 350 g/mol. The van der Waals surface area contributed by atoms with Crippen LogP contribution in [0, 0.1) is 5.82 Å². The van der Waals surface area contributed by atoms with E-state index in [1.165, 1.54) is 11.6 Å². The summed E-state index contributed by atoms with van der Waals surface area (Å²) < 4.78 is 14.4. The van der Waals surface area contributed by atoms with Gasteiger partial charge in [0.25, 0.3) is 0 Å². The van der Waals surface area contributed by atoms with Gasteiger partial charge in [0.2, 0.25) is 5.91 Å². The van der Waals surface area contributed by atoms with Crippen LogP contribution >= 0.6 is 0 Å².